The molecular weight excluding hydrogens is 288 g/mol. The van der Waals surface area contributed by atoms with E-state index in [0.717, 1.165) is 25.9 Å². The van der Waals surface area contributed by atoms with Crippen LogP contribution < -0.4 is 0 Å². The Morgan fingerprint density at radius 1 is 1.29 bits per heavy atom. The van der Waals surface area contributed by atoms with E-state index >= 15 is 0 Å². The maximum atomic E-state index is 13.0. The fourth-order valence-corrected chi connectivity index (χ4v) is 5.38. The van der Waals surface area contributed by atoms with Crippen LogP contribution in [0.15, 0.2) is 29.2 Å². The zero-order valence-corrected chi connectivity index (χ0v) is 13.1. The van der Waals surface area contributed by atoms with Crippen molar-refractivity contribution < 1.29 is 13.5 Å². The molecule has 0 aromatic heterocycles. The number of hydrogen-bond donors (Lipinski definition) is 1. The summed E-state index contributed by atoms with van der Waals surface area (Å²) >= 11 is 0. The molecule has 2 heterocycles. The molecule has 116 valence electrons. The molecule has 0 spiro atoms. The van der Waals surface area contributed by atoms with Gasteiger partial charge in [-0.3, -0.25) is 4.90 Å². The SMILES string of the molecule is CC1CN2CCCC2CN1S(=O)(=O)c1ccccc1CO. The summed E-state index contributed by atoms with van der Waals surface area (Å²) in [5, 5.41) is 9.41. The Hall–Kier alpha value is -0.950. The number of fused-ring (bicyclic) bond motifs is 1. The number of aliphatic hydroxyl groups is 1. The highest BCUT2D eigenvalue weighted by molar-refractivity contribution is 7.89. The average molecular weight is 310 g/mol. The van der Waals surface area contributed by atoms with Crippen molar-refractivity contribution in [3.8, 4) is 0 Å². The number of sulfonamides is 1. The molecule has 0 radical (unpaired) electrons. The third-order valence-corrected chi connectivity index (χ3v) is 6.69. The predicted molar refractivity (Wildman–Crippen MR) is 80.3 cm³/mol. The molecule has 0 aliphatic carbocycles. The van der Waals surface area contributed by atoms with Crippen molar-refractivity contribution in [2.45, 2.75) is 43.4 Å². The second-order valence-corrected chi connectivity index (χ2v) is 7.84. The highest BCUT2D eigenvalue weighted by Crippen LogP contribution is 2.30. The Morgan fingerprint density at radius 3 is 2.81 bits per heavy atom. The van der Waals surface area contributed by atoms with Crippen LogP contribution in [-0.4, -0.2) is 54.4 Å². The molecule has 5 nitrogen and oxygen atoms in total. The first-order valence-corrected chi connectivity index (χ1v) is 8.92. The molecule has 0 saturated carbocycles. The normalized spacial score (nSPS) is 27.7. The van der Waals surface area contributed by atoms with E-state index < -0.39 is 10.0 Å². The fourth-order valence-electron chi connectivity index (χ4n) is 3.51. The van der Waals surface area contributed by atoms with Gasteiger partial charge in [-0.05, 0) is 37.9 Å². The number of nitrogens with zero attached hydrogens (tertiary/aromatic N) is 2. The van der Waals surface area contributed by atoms with E-state index in [1.807, 2.05) is 6.92 Å². The van der Waals surface area contributed by atoms with E-state index in [2.05, 4.69) is 4.90 Å². The lowest BCUT2D eigenvalue weighted by atomic mass is 10.1. The maximum absolute atomic E-state index is 13.0. The summed E-state index contributed by atoms with van der Waals surface area (Å²) in [5.74, 6) is 0. The summed E-state index contributed by atoms with van der Waals surface area (Å²) in [6.07, 6.45) is 2.22. The van der Waals surface area contributed by atoms with E-state index in [9.17, 15) is 13.5 Å². The molecule has 2 saturated heterocycles. The van der Waals surface area contributed by atoms with E-state index in [4.69, 9.17) is 0 Å². The third-order valence-electron chi connectivity index (χ3n) is 4.61. The van der Waals surface area contributed by atoms with Crippen molar-refractivity contribution in [2.24, 2.45) is 0 Å². The van der Waals surface area contributed by atoms with Crippen LogP contribution in [0.4, 0.5) is 0 Å². The lowest BCUT2D eigenvalue weighted by Gasteiger charge is -2.41. The zero-order chi connectivity index (χ0) is 15.0. The minimum Gasteiger partial charge on any atom is -0.392 e. The maximum Gasteiger partial charge on any atom is 0.243 e. The van der Waals surface area contributed by atoms with Crippen LogP contribution in [0.25, 0.3) is 0 Å². The van der Waals surface area contributed by atoms with Gasteiger partial charge in [0.25, 0.3) is 0 Å². The molecule has 1 N–H and O–H groups in total. The van der Waals surface area contributed by atoms with Gasteiger partial charge in [-0.25, -0.2) is 8.42 Å². The van der Waals surface area contributed by atoms with Gasteiger partial charge in [-0.15, -0.1) is 0 Å². The fraction of sp³-hybridized carbons (Fsp3) is 0.600. The summed E-state index contributed by atoms with van der Waals surface area (Å²) in [5.41, 5.74) is 0.471. The molecule has 2 unspecified atom stereocenters. The Morgan fingerprint density at radius 2 is 2.05 bits per heavy atom. The van der Waals surface area contributed by atoms with Gasteiger partial charge < -0.3 is 5.11 Å². The first kappa shape index (κ1) is 15.0. The van der Waals surface area contributed by atoms with E-state index in [1.54, 1.807) is 28.6 Å². The standard InChI is InChI=1S/C15H22N2O3S/c1-12-9-16-8-4-6-14(16)10-17(12)21(19,20)15-7-3-2-5-13(15)11-18/h2-3,5,7,12,14,18H,4,6,8-11H2,1H3. The number of hydrogen-bond acceptors (Lipinski definition) is 4. The summed E-state index contributed by atoms with van der Waals surface area (Å²) in [4.78, 5) is 2.64. The van der Waals surface area contributed by atoms with Gasteiger partial charge in [0, 0.05) is 25.2 Å². The van der Waals surface area contributed by atoms with Crippen LogP contribution in [-0.2, 0) is 16.6 Å². The lowest BCUT2D eigenvalue weighted by molar-refractivity contribution is 0.117. The van der Waals surface area contributed by atoms with Crippen LogP contribution >= 0.6 is 0 Å². The van der Waals surface area contributed by atoms with Crippen LogP contribution in [0.1, 0.15) is 25.3 Å². The van der Waals surface area contributed by atoms with Gasteiger partial charge in [0.15, 0.2) is 0 Å². The number of benzene rings is 1. The van der Waals surface area contributed by atoms with Crippen molar-refractivity contribution in [3.63, 3.8) is 0 Å². The third kappa shape index (κ3) is 2.61. The van der Waals surface area contributed by atoms with Gasteiger partial charge in [0.1, 0.15) is 0 Å². The van der Waals surface area contributed by atoms with Crippen molar-refractivity contribution >= 4 is 10.0 Å². The molecule has 6 heteroatoms. The smallest absolute Gasteiger partial charge is 0.243 e. The molecule has 3 rings (SSSR count). The van der Waals surface area contributed by atoms with Crippen LogP contribution in [0, 0.1) is 0 Å². The van der Waals surface area contributed by atoms with Crippen molar-refractivity contribution in [2.75, 3.05) is 19.6 Å². The zero-order valence-electron chi connectivity index (χ0n) is 12.3. The van der Waals surface area contributed by atoms with Gasteiger partial charge in [-0.2, -0.15) is 4.31 Å². The molecule has 0 bridgehead atoms. The second-order valence-electron chi connectivity index (χ2n) is 5.98. The molecule has 1 aromatic rings. The second kappa shape index (κ2) is 5.68. The summed E-state index contributed by atoms with van der Waals surface area (Å²) < 4.78 is 27.5. The number of piperazine rings is 1. The predicted octanol–water partition coefficient (Wildman–Crippen LogP) is 1.04. The van der Waals surface area contributed by atoms with Gasteiger partial charge in [0.05, 0.1) is 11.5 Å². The minimum atomic E-state index is -3.55. The van der Waals surface area contributed by atoms with Crippen molar-refractivity contribution in [1.82, 2.24) is 9.21 Å². The van der Waals surface area contributed by atoms with Gasteiger partial charge >= 0.3 is 0 Å². The van der Waals surface area contributed by atoms with Gasteiger partial charge in [-0.1, -0.05) is 18.2 Å². The van der Waals surface area contributed by atoms with Crippen LogP contribution in [0.2, 0.25) is 0 Å². The van der Waals surface area contributed by atoms with Gasteiger partial charge in [0.2, 0.25) is 10.0 Å². The van der Waals surface area contributed by atoms with Crippen LogP contribution in [0.5, 0.6) is 0 Å². The minimum absolute atomic E-state index is 0.0314. The first-order chi connectivity index (χ1) is 10.0. The molecule has 21 heavy (non-hydrogen) atoms. The lowest BCUT2D eigenvalue weighted by Crippen LogP contribution is -2.56. The highest BCUT2D eigenvalue weighted by Gasteiger charge is 2.40. The summed E-state index contributed by atoms with van der Waals surface area (Å²) in [7, 11) is -3.55. The molecule has 2 aliphatic heterocycles. The van der Waals surface area contributed by atoms with Crippen LogP contribution in [0.3, 0.4) is 0 Å². The first-order valence-electron chi connectivity index (χ1n) is 7.48. The molecule has 2 atom stereocenters. The average Bonchev–Trinajstić information content (AvgIpc) is 2.93. The molecule has 0 amide bonds. The van der Waals surface area contributed by atoms with E-state index in [1.165, 1.54) is 0 Å². The largest absolute Gasteiger partial charge is 0.392 e. The summed E-state index contributed by atoms with van der Waals surface area (Å²) in [6.45, 7) is 4.14. The number of rotatable bonds is 3. The highest BCUT2D eigenvalue weighted by atomic mass is 32.2. The van der Waals surface area contributed by atoms with Crippen molar-refractivity contribution in [3.05, 3.63) is 29.8 Å². The molecule has 2 aliphatic rings. The summed E-state index contributed by atoms with van der Waals surface area (Å²) in [6, 6.07) is 7.04. The topological polar surface area (TPSA) is 60.9 Å². The quantitative estimate of drug-likeness (QED) is 0.906. The number of aliphatic hydroxyl groups excluding tert-OH is 1. The molecule has 2 fully saturated rings. The molecule has 1 aromatic carbocycles. The van der Waals surface area contributed by atoms with E-state index in [-0.39, 0.29) is 17.5 Å². The Labute approximate surface area is 126 Å². The van der Waals surface area contributed by atoms with E-state index in [0.29, 0.717) is 18.2 Å². The Bertz CT molecular complexity index is 617. The Kier molecular flexibility index (Phi) is 4.05. The molecular formula is C15H22N2O3S. The Balaban J connectivity index is 1.94. The van der Waals surface area contributed by atoms with Crippen molar-refractivity contribution in [1.29, 1.82) is 0 Å². The monoisotopic (exact) mass is 310 g/mol.